The highest BCUT2D eigenvalue weighted by Gasteiger charge is 2.32. The molecule has 47 heavy (non-hydrogen) atoms. The maximum absolute atomic E-state index is 12.8. The number of hydrogen-bond acceptors (Lipinski definition) is 9. The average molecular weight is 883 g/mol. The SMILES string of the molecule is CCOC(=O)C1=C(C)NC(=S)N[C@H]1c1ccccc1OCC(=O)NN=Cc1cc(I)c(OCc2ccc(C(=O)OCC)cc2)c(I)c1. The van der Waals surface area contributed by atoms with Gasteiger partial charge in [0.05, 0.1) is 43.7 Å². The van der Waals surface area contributed by atoms with Gasteiger partial charge in [-0.3, -0.25) is 4.79 Å². The second-order valence-electron chi connectivity index (χ2n) is 9.93. The number of nitrogens with zero attached hydrogens (tertiary/aromatic N) is 1. The van der Waals surface area contributed by atoms with Crippen molar-refractivity contribution in [1.82, 2.24) is 16.1 Å². The Kier molecular flexibility index (Phi) is 13.4. The largest absolute Gasteiger partial charge is 0.487 e. The van der Waals surface area contributed by atoms with E-state index >= 15 is 0 Å². The van der Waals surface area contributed by atoms with Crippen molar-refractivity contribution in [3.8, 4) is 11.5 Å². The number of allylic oxidation sites excluding steroid dienone is 1. The minimum absolute atomic E-state index is 0.220. The number of rotatable bonds is 13. The van der Waals surface area contributed by atoms with Gasteiger partial charge in [0, 0.05) is 11.3 Å². The zero-order chi connectivity index (χ0) is 33.9. The molecule has 0 bridgehead atoms. The number of hydrazone groups is 1. The average Bonchev–Trinajstić information content (AvgIpc) is 3.03. The topological polar surface area (TPSA) is 137 Å². The van der Waals surface area contributed by atoms with Crippen LogP contribution < -0.4 is 25.5 Å². The third-order valence-corrected chi connectivity index (χ3v) is 8.45. The summed E-state index contributed by atoms with van der Waals surface area (Å²) in [7, 11) is 0. The van der Waals surface area contributed by atoms with E-state index in [1.807, 2.05) is 24.3 Å². The predicted molar refractivity (Wildman–Crippen MR) is 197 cm³/mol. The Bertz CT molecular complexity index is 1690. The molecule has 246 valence electrons. The van der Waals surface area contributed by atoms with Crippen LogP contribution in [0.5, 0.6) is 11.5 Å². The zero-order valence-corrected chi connectivity index (χ0v) is 30.9. The van der Waals surface area contributed by atoms with Gasteiger partial charge in [-0.05, 0) is 120 Å². The molecule has 0 unspecified atom stereocenters. The number of hydrogen-bond donors (Lipinski definition) is 3. The fourth-order valence-electron chi connectivity index (χ4n) is 4.51. The molecule has 1 atom stereocenters. The van der Waals surface area contributed by atoms with Crippen molar-refractivity contribution in [2.45, 2.75) is 33.4 Å². The maximum atomic E-state index is 12.8. The van der Waals surface area contributed by atoms with E-state index in [2.05, 4.69) is 66.3 Å². The lowest BCUT2D eigenvalue weighted by atomic mass is 9.95. The van der Waals surface area contributed by atoms with Crippen molar-refractivity contribution in [3.63, 3.8) is 0 Å². The van der Waals surface area contributed by atoms with E-state index in [1.54, 1.807) is 57.2 Å². The molecule has 0 saturated carbocycles. The minimum Gasteiger partial charge on any atom is -0.487 e. The molecule has 0 saturated heterocycles. The van der Waals surface area contributed by atoms with Crippen molar-refractivity contribution in [2.75, 3.05) is 19.8 Å². The Morgan fingerprint density at radius 1 is 0.957 bits per heavy atom. The van der Waals surface area contributed by atoms with Crippen LogP contribution in [0.15, 0.2) is 77.0 Å². The molecule has 1 heterocycles. The molecule has 0 aromatic heterocycles. The summed E-state index contributed by atoms with van der Waals surface area (Å²) < 4.78 is 23.9. The van der Waals surface area contributed by atoms with Crippen LogP contribution >= 0.6 is 57.4 Å². The van der Waals surface area contributed by atoms with Gasteiger partial charge in [0.25, 0.3) is 5.91 Å². The number of esters is 2. The van der Waals surface area contributed by atoms with Crippen LogP contribution in [0, 0.1) is 7.14 Å². The van der Waals surface area contributed by atoms with Crippen LogP contribution in [-0.2, 0) is 25.7 Å². The highest BCUT2D eigenvalue weighted by Crippen LogP contribution is 2.34. The summed E-state index contributed by atoms with van der Waals surface area (Å²) in [5.41, 5.74) is 6.21. The molecule has 1 aliphatic rings. The van der Waals surface area contributed by atoms with Gasteiger partial charge in [0.15, 0.2) is 11.7 Å². The standard InChI is InChI=1S/C33H32I2N4O7S/c1-4-43-31(41)22-12-10-20(11-13-22)17-46-30-24(34)14-21(15-25(30)35)16-36-39-27(40)18-45-26-9-7-6-8-23(26)29-28(32(42)44-5-2)19(3)37-33(47)38-29/h6-16,29H,4-5,17-18H2,1-3H3,(H,39,40)(H2,37,38,47)/t29-/m0/s1. The Morgan fingerprint density at radius 2 is 1.62 bits per heavy atom. The molecule has 4 rings (SSSR count). The zero-order valence-electron chi connectivity index (χ0n) is 25.7. The number of para-hydroxylation sites is 1. The fourth-order valence-corrected chi connectivity index (χ4v) is 6.91. The van der Waals surface area contributed by atoms with Gasteiger partial charge in [-0.15, -0.1) is 0 Å². The van der Waals surface area contributed by atoms with E-state index in [0.29, 0.717) is 52.2 Å². The third kappa shape index (κ3) is 9.87. The Morgan fingerprint density at radius 3 is 2.30 bits per heavy atom. The maximum Gasteiger partial charge on any atom is 0.338 e. The lowest BCUT2D eigenvalue weighted by Crippen LogP contribution is -2.45. The lowest BCUT2D eigenvalue weighted by Gasteiger charge is -2.30. The second kappa shape index (κ2) is 17.4. The van der Waals surface area contributed by atoms with Gasteiger partial charge < -0.3 is 29.6 Å². The summed E-state index contributed by atoms with van der Waals surface area (Å²) in [4.78, 5) is 37.3. The van der Waals surface area contributed by atoms with Gasteiger partial charge in [0.1, 0.15) is 18.1 Å². The summed E-state index contributed by atoms with van der Waals surface area (Å²) >= 11 is 9.70. The van der Waals surface area contributed by atoms with Gasteiger partial charge in [-0.2, -0.15) is 5.10 Å². The van der Waals surface area contributed by atoms with E-state index in [4.69, 9.17) is 31.2 Å². The quantitative estimate of drug-likeness (QED) is 0.0661. The molecule has 14 heteroatoms. The molecule has 1 aliphatic heterocycles. The minimum atomic E-state index is -0.631. The third-order valence-electron chi connectivity index (χ3n) is 6.62. The second-order valence-corrected chi connectivity index (χ2v) is 12.7. The Balaban J connectivity index is 1.35. The van der Waals surface area contributed by atoms with E-state index in [0.717, 1.165) is 18.3 Å². The van der Waals surface area contributed by atoms with Crippen molar-refractivity contribution in [2.24, 2.45) is 5.10 Å². The number of benzene rings is 3. The van der Waals surface area contributed by atoms with Crippen molar-refractivity contribution in [3.05, 3.63) is 101 Å². The highest BCUT2D eigenvalue weighted by molar-refractivity contribution is 14.1. The number of nitrogens with one attached hydrogen (secondary N) is 3. The summed E-state index contributed by atoms with van der Waals surface area (Å²) in [5.74, 6) is -0.192. The van der Waals surface area contributed by atoms with Crippen LogP contribution in [0.4, 0.5) is 0 Å². The van der Waals surface area contributed by atoms with Gasteiger partial charge in [0.2, 0.25) is 0 Å². The molecular weight excluding hydrogens is 850 g/mol. The number of ether oxygens (including phenoxy) is 4. The number of halogens is 2. The van der Waals surface area contributed by atoms with Gasteiger partial charge in [-0.1, -0.05) is 30.3 Å². The molecule has 0 aliphatic carbocycles. The first kappa shape index (κ1) is 36.1. The molecule has 0 spiro atoms. The Hall–Kier alpha value is -3.77. The van der Waals surface area contributed by atoms with Crippen LogP contribution in [0.25, 0.3) is 0 Å². The van der Waals surface area contributed by atoms with E-state index < -0.39 is 17.9 Å². The number of carbonyl (C=O) groups is 3. The first-order valence-electron chi connectivity index (χ1n) is 14.5. The van der Waals surface area contributed by atoms with Crippen molar-refractivity contribution in [1.29, 1.82) is 0 Å². The van der Waals surface area contributed by atoms with Crippen molar-refractivity contribution < 1.29 is 33.3 Å². The summed E-state index contributed by atoms with van der Waals surface area (Å²) in [6.45, 7) is 5.80. The highest BCUT2D eigenvalue weighted by atomic mass is 127. The van der Waals surface area contributed by atoms with Crippen LogP contribution in [0.3, 0.4) is 0 Å². The summed E-state index contributed by atoms with van der Waals surface area (Å²) in [6.07, 6.45) is 1.53. The monoisotopic (exact) mass is 882 g/mol. The number of carbonyl (C=O) groups excluding carboxylic acids is 3. The fraction of sp³-hybridized carbons (Fsp3) is 0.242. The van der Waals surface area contributed by atoms with E-state index in [-0.39, 0.29) is 19.2 Å². The van der Waals surface area contributed by atoms with Gasteiger partial charge in [-0.25, -0.2) is 15.0 Å². The van der Waals surface area contributed by atoms with E-state index in [9.17, 15) is 14.4 Å². The lowest BCUT2D eigenvalue weighted by molar-refractivity contribution is -0.139. The van der Waals surface area contributed by atoms with Crippen LogP contribution in [0.2, 0.25) is 0 Å². The molecule has 1 amide bonds. The molecule has 11 nitrogen and oxygen atoms in total. The first-order chi connectivity index (χ1) is 22.6. The molecule has 0 fully saturated rings. The van der Waals surface area contributed by atoms with Crippen molar-refractivity contribution >= 4 is 86.6 Å². The van der Waals surface area contributed by atoms with E-state index in [1.165, 1.54) is 6.21 Å². The first-order valence-corrected chi connectivity index (χ1v) is 17.0. The summed E-state index contributed by atoms with van der Waals surface area (Å²) in [5, 5.41) is 10.5. The van der Waals surface area contributed by atoms with Crippen LogP contribution in [0.1, 0.15) is 53.9 Å². The predicted octanol–water partition coefficient (Wildman–Crippen LogP) is 5.54. The van der Waals surface area contributed by atoms with Crippen LogP contribution in [-0.4, -0.2) is 49.0 Å². The summed E-state index contributed by atoms with van der Waals surface area (Å²) in [6, 6.07) is 17.3. The smallest absolute Gasteiger partial charge is 0.338 e. The Labute approximate surface area is 305 Å². The number of amides is 1. The molecular formula is C33H32I2N4O7S. The number of thiocarbonyl (C=S) groups is 1. The molecule has 3 N–H and O–H groups in total. The normalized spacial score (nSPS) is 14.2. The molecule has 3 aromatic carbocycles. The molecule has 3 aromatic rings. The molecule has 0 radical (unpaired) electrons. The van der Waals surface area contributed by atoms with Gasteiger partial charge >= 0.3 is 11.9 Å².